The SMILES string of the molecule is O[C@H]1C[C@@H](c2cc(F)ccc2F)N(CCOc2ccc(F)cc2)C1. The molecule has 0 spiro atoms. The number of benzene rings is 2. The largest absolute Gasteiger partial charge is 0.492 e. The summed E-state index contributed by atoms with van der Waals surface area (Å²) in [5.74, 6) is -0.799. The molecule has 1 saturated heterocycles. The zero-order valence-corrected chi connectivity index (χ0v) is 13.0. The molecule has 0 saturated carbocycles. The van der Waals surface area contributed by atoms with Gasteiger partial charge in [-0.3, -0.25) is 4.90 Å². The number of aliphatic hydroxyl groups excluding tert-OH is 1. The molecule has 0 aromatic heterocycles. The Hall–Kier alpha value is -2.05. The predicted octanol–water partition coefficient (Wildman–Crippen LogP) is 3.29. The summed E-state index contributed by atoms with van der Waals surface area (Å²) in [6.07, 6.45) is -0.250. The highest BCUT2D eigenvalue weighted by Crippen LogP contribution is 2.33. The van der Waals surface area contributed by atoms with E-state index in [1.165, 1.54) is 30.3 Å². The molecule has 3 nitrogen and oxygen atoms in total. The van der Waals surface area contributed by atoms with Gasteiger partial charge in [0.2, 0.25) is 0 Å². The standard InChI is InChI=1S/C18H18F3NO2/c19-12-1-4-15(5-2-12)24-8-7-22-11-14(23)10-18(22)16-9-13(20)3-6-17(16)21/h1-6,9,14,18,23H,7-8,10-11H2/t14-,18-/m0/s1. The van der Waals surface area contributed by atoms with E-state index >= 15 is 0 Å². The van der Waals surface area contributed by atoms with Crippen LogP contribution in [0.4, 0.5) is 13.2 Å². The molecule has 6 heteroatoms. The van der Waals surface area contributed by atoms with Crippen LogP contribution in [0.25, 0.3) is 0 Å². The third-order valence-electron chi connectivity index (χ3n) is 4.16. The molecule has 1 aliphatic rings. The van der Waals surface area contributed by atoms with Crippen LogP contribution in [-0.2, 0) is 0 Å². The van der Waals surface area contributed by atoms with Gasteiger partial charge in [-0.1, -0.05) is 0 Å². The Labute approximate surface area is 138 Å². The molecule has 1 N–H and O–H groups in total. The highest BCUT2D eigenvalue weighted by molar-refractivity contribution is 5.24. The zero-order chi connectivity index (χ0) is 17.1. The van der Waals surface area contributed by atoms with Crippen LogP contribution in [0.15, 0.2) is 42.5 Å². The van der Waals surface area contributed by atoms with Crippen molar-refractivity contribution in [3.63, 3.8) is 0 Å². The average molecular weight is 337 g/mol. The second-order valence-electron chi connectivity index (χ2n) is 5.87. The molecule has 0 bridgehead atoms. The summed E-state index contributed by atoms with van der Waals surface area (Å²) in [4.78, 5) is 1.87. The van der Waals surface area contributed by atoms with Gasteiger partial charge >= 0.3 is 0 Å². The quantitative estimate of drug-likeness (QED) is 0.909. The third-order valence-corrected chi connectivity index (χ3v) is 4.16. The Balaban J connectivity index is 1.65. The molecule has 1 aliphatic heterocycles. The van der Waals surface area contributed by atoms with Crippen LogP contribution >= 0.6 is 0 Å². The maximum atomic E-state index is 14.0. The molecule has 3 rings (SSSR count). The van der Waals surface area contributed by atoms with Crippen molar-refractivity contribution in [1.82, 2.24) is 4.90 Å². The molecule has 0 unspecified atom stereocenters. The second kappa shape index (κ2) is 7.23. The van der Waals surface area contributed by atoms with Gasteiger partial charge in [-0.25, -0.2) is 13.2 Å². The number of β-amino-alcohol motifs (C(OH)–C–C–N with tert-alkyl or cyclic N) is 1. The van der Waals surface area contributed by atoms with Crippen LogP contribution in [-0.4, -0.2) is 35.8 Å². The Morgan fingerprint density at radius 1 is 1.04 bits per heavy atom. The van der Waals surface area contributed by atoms with Gasteiger partial charge in [0.1, 0.15) is 29.8 Å². The number of likely N-dealkylation sites (tertiary alicyclic amines) is 1. The summed E-state index contributed by atoms with van der Waals surface area (Å²) in [6.45, 7) is 1.11. The summed E-state index contributed by atoms with van der Waals surface area (Å²) < 4.78 is 45.8. The Morgan fingerprint density at radius 3 is 2.50 bits per heavy atom. The van der Waals surface area contributed by atoms with E-state index in [0.717, 1.165) is 12.1 Å². The Kier molecular flexibility index (Phi) is 5.06. The molecule has 128 valence electrons. The number of halogens is 3. The van der Waals surface area contributed by atoms with E-state index in [0.29, 0.717) is 31.9 Å². The van der Waals surface area contributed by atoms with Crippen molar-refractivity contribution in [3.8, 4) is 5.75 Å². The lowest BCUT2D eigenvalue weighted by Crippen LogP contribution is -2.29. The minimum atomic E-state index is -0.594. The van der Waals surface area contributed by atoms with Crippen LogP contribution in [0.1, 0.15) is 18.0 Å². The molecule has 2 atom stereocenters. The zero-order valence-electron chi connectivity index (χ0n) is 13.0. The first-order valence-electron chi connectivity index (χ1n) is 7.78. The highest BCUT2D eigenvalue weighted by atomic mass is 19.1. The Bertz CT molecular complexity index is 693. The monoisotopic (exact) mass is 337 g/mol. The summed E-state index contributed by atoms with van der Waals surface area (Å²) >= 11 is 0. The maximum Gasteiger partial charge on any atom is 0.128 e. The van der Waals surface area contributed by atoms with Crippen molar-refractivity contribution in [2.45, 2.75) is 18.6 Å². The molecule has 1 fully saturated rings. The van der Waals surface area contributed by atoms with Gasteiger partial charge in [0.15, 0.2) is 0 Å². The lowest BCUT2D eigenvalue weighted by molar-refractivity contribution is 0.161. The summed E-state index contributed by atoms with van der Waals surface area (Å²) in [7, 11) is 0. The molecule has 0 radical (unpaired) electrons. The van der Waals surface area contributed by atoms with E-state index in [2.05, 4.69) is 0 Å². The van der Waals surface area contributed by atoms with E-state index in [-0.39, 0.29) is 11.4 Å². The van der Waals surface area contributed by atoms with Gasteiger partial charge in [0, 0.05) is 24.7 Å². The number of hydrogen-bond donors (Lipinski definition) is 1. The number of aliphatic hydroxyl groups is 1. The molecule has 1 heterocycles. The maximum absolute atomic E-state index is 14.0. The van der Waals surface area contributed by atoms with Gasteiger partial charge in [0.25, 0.3) is 0 Å². The lowest BCUT2D eigenvalue weighted by atomic mass is 10.0. The summed E-state index contributed by atoms with van der Waals surface area (Å²) in [6, 6.07) is 8.61. The smallest absolute Gasteiger partial charge is 0.128 e. The normalized spacial score (nSPS) is 21.2. The predicted molar refractivity (Wildman–Crippen MR) is 83.2 cm³/mol. The molecule has 2 aromatic carbocycles. The topological polar surface area (TPSA) is 32.7 Å². The van der Waals surface area contributed by atoms with E-state index in [4.69, 9.17) is 4.74 Å². The minimum Gasteiger partial charge on any atom is -0.492 e. The van der Waals surface area contributed by atoms with Crippen LogP contribution in [0, 0.1) is 17.5 Å². The van der Waals surface area contributed by atoms with E-state index in [1.807, 2.05) is 4.90 Å². The Morgan fingerprint density at radius 2 is 1.75 bits per heavy atom. The van der Waals surface area contributed by atoms with Crippen LogP contribution < -0.4 is 4.74 Å². The molecule has 2 aromatic rings. The molecule has 24 heavy (non-hydrogen) atoms. The summed E-state index contributed by atoms with van der Waals surface area (Å²) in [5, 5.41) is 9.90. The molecular formula is C18H18F3NO2. The molecule has 0 amide bonds. The molecule has 0 aliphatic carbocycles. The minimum absolute atomic E-state index is 0.244. The number of rotatable bonds is 5. The van der Waals surface area contributed by atoms with E-state index in [1.54, 1.807) is 0 Å². The first-order valence-corrected chi connectivity index (χ1v) is 7.78. The van der Waals surface area contributed by atoms with Gasteiger partial charge in [-0.05, 0) is 48.9 Å². The summed E-state index contributed by atoms with van der Waals surface area (Å²) in [5.41, 5.74) is 0.244. The van der Waals surface area contributed by atoms with Gasteiger partial charge in [-0.15, -0.1) is 0 Å². The van der Waals surface area contributed by atoms with Crippen molar-refractivity contribution >= 4 is 0 Å². The second-order valence-corrected chi connectivity index (χ2v) is 5.87. The van der Waals surface area contributed by atoms with Gasteiger partial charge in [0.05, 0.1) is 6.10 Å². The van der Waals surface area contributed by atoms with Crippen LogP contribution in [0.5, 0.6) is 5.75 Å². The first kappa shape index (κ1) is 16.8. The van der Waals surface area contributed by atoms with Gasteiger partial charge in [-0.2, -0.15) is 0 Å². The van der Waals surface area contributed by atoms with Crippen molar-refractivity contribution in [2.24, 2.45) is 0 Å². The van der Waals surface area contributed by atoms with Crippen molar-refractivity contribution in [3.05, 3.63) is 65.5 Å². The highest BCUT2D eigenvalue weighted by Gasteiger charge is 2.33. The fraction of sp³-hybridized carbons (Fsp3) is 0.333. The molecular weight excluding hydrogens is 319 g/mol. The number of ether oxygens (including phenoxy) is 1. The van der Waals surface area contributed by atoms with E-state index < -0.39 is 23.8 Å². The fourth-order valence-corrected chi connectivity index (χ4v) is 3.03. The number of hydrogen-bond acceptors (Lipinski definition) is 3. The number of nitrogens with zero attached hydrogens (tertiary/aromatic N) is 1. The van der Waals surface area contributed by atoms with Crippen molar-refractivity contribution < 1.29 is 23.0 Å². The lowest BCUT2D eigenvalue weighted by Gasteiger charge is -2.24. The van der Waals surface area contributed by atoms with Crippen LogP contribution in [0.2, 0.25) is 0 Å². The third kappa shape index (κ3) is 3.88. The first-order chi connectivity index (χ1) is 11.5. The van der Waals surface area contributed by atoms with E-state index in [9.17, 15) is 18.3 Å². The van der Waals surface area contributed by atoms with Gasteiger partial charge < -0.3 is 9.84 Å². The van der Waals surface area contributed by atoms with Crippen LogP contribution in [0.3, 0.4) is 0 Å². The average Bonchev–Trinajstić information content (AvgIpc) is 2.92. The van der Waals surface area contributed by atoms with Crippen molar-refractivity contribution in [1.29, 1.82) is 0 Å². The fourth-order valence-electron chi connectivity index (χ4n) is 3.03. The van der Waals surface area contributed by atoms with Crippen molar-refractivity contribution in [2.75, 3.05) is 19.7 Å².